The lowest BCUT2D eigenvalue weighted by atomic mass is 9.79. The van der Waals surface area contributed by atoms with Crippen LogP contribution in [0.15, 0.2) is 22.7 Å². The molecule has 1 aromatic carbocycles. The Morgan fingerprint density at radius 3 is 2.89 bits per heavy atom. The van der Waals surface area contributed by atoms with Gasteiger partial charge < -0.3 is 5.32 Å². The van der Waals surface area contributed by atoms with Crippen molar-refractivity contribution in [1.82, 2.24) is 5.32 Å². The zero-order valence-electron chi connectivity index (χ0n) is 11.5. The standard InChI is InChI=1S/C16H24BrN/c1-3-5-16(18-4-2)14-7-6-13-11-15(17)9-8-12(13)10-14/h8-9,11,14,16,18H,3-7,10H2,1-2H3. The van der Waals surface area contributed by atoms with Crippen LogP contribution in [0.4, 0.5) is 0 Å². The molecule has 0 aliphatic heterocycles. The molecule has 0 fully saturated rings. The third-order valence-corrected chi connectivity index (χ3v) is 4.56. The number of fused-ring (bicyclic) bond motifs is 1. The summed E-state index contributed by atoms with van der Waals surface area (Å²) in [5.41, 5.74) is 3.11. The molecule has 0 amide bonds. The molecule has 0 heterocycles. The normalized spacial score (nSPS) is 20.5. The summed E-state index contributed by atoms with van der Waals surface area (Å²) < 4.78 is 1.22. The van der Waals surface area contributed by atoms with Crippen molar-refractivity contribution in [2.75, 3.05) is 6.54 Å². The predicted molar refractivity (Wildman–Crippen MR) is 82.0 cm³/mol. The Balaban J connectivity index is 2.07. The second-order valence-electron chi connectivity index (χ2n) is 5.37. The van der Waals surface area contributed by atoms with Crippen LogP contribution in [0.1, 0.15) is 44.2 Å². The average molecular weight is 310 g/mol. The zero-order chi connectivity index (χ0) is 13.0. The number of hydrogen-bond donors (Lipinski definition) is 1. The van der Waals surface area contributed by atoms with E-state index in [0.29, 0.717) is 6.04 Å². The Bertz CT molecular complexity index is 383. The molecular formula is C16H24BrN. The summed E-state index contributed by atoms with van der Waals surface area (Å²) in [5.74, 6) is 0.818. The lowest BCUT2D eigenvalue weighted by molar-refractivity contribution is 0.307. The molecule has 0 bridgehead atoms. The Labute approximate surface area is 119 Å². The van der Waals surface area contributed by atoms with Crippen molar-refractivity contribution in [3.8, 4) is 0 Å². The van der Waals surface area contributed by atoms with Gasteiger partial charge >= 0.3 is 0 Å². The molecule has 2 rings (SSSR count). The van der Waals surface area contributed by atoms with Crippen molar-refractivity contribution in [2.45, 2.75) is 52.0 Å². The molecule has 1 aliphatic rings. The van der Waals surface area contributed by atoms with E-state index in [9.17, 15) is 0 Å². The highest BCUT2D eigenvalue weighted by Gasteiger charge is 2.25. The van der Waals surface area contributed by atoms with Gasteiger partial charge in [0.05, 0.1) is 0 Å². The van der Waals surface area contributed by atoms with Crippen molar-refractivity contribution in [2.24, 2.45) is 5.92 Å². The van der Waals surface area contributed by atoms with Crippen LogP contribution < -0.4 is 5.32 Å². The first-order valence-corrected chi connectivity index (χ1v) is 8.04. The zero-order valence-corrected chi connectivity index (χ0v) is 13.1. The fraction of sp³-hybridized carbons (Fsp3) is 0.625. The van der Waals surface area contributed by atoms with E-state index < -0.39 is 0 Å². The van der Waals surface area contributed by atoms with Crippen molar-refractivity contribution >= 4 is 15.9 Å². The fourth-order valence-corrected chi connectivity index (χ4v) is 3.58. The number of benzene rings is 1. The van der Waals surface area contributed by atoms with Crippen LogP contribution in [0.2, 0.25) is 0 Å². The number of nitrogens with one attached hydrogen (secondary N) is 1. The third-order valence-electron chi connectivity index (χ3n) is 4.07. The van der Waals surface area contributed by atoms with Crippen molar-refractivity contribution in [3.05, 3.63) is 33.8 Å². The van der Waals surface area contributed by atoms with E-state index in [4.69, 9.17) is 0 Å². The second-order valence-corrected chi connectivity index (χ2v) is 6.28. The Morgan fingerprint density at radius 1 is 1.33 bits per heavy atom. The number of rotatable bonds is 5. The quantitative estimate of drug-likeness (QED) is 0.853. The van der Waals surface area contributed by atoms with Gasteiger partial charge in [-0.2, -0.15) is 0 Å². The second kappa shape index (κ2) is 6.72. The van der Waals surface area contributed by atoms with E-state index >= 15 is 0 Å². The molecule has 18 heavy (non-hydrogen) atoms. The van der Waals surface area contributed by atoms with Crippen LogP contribution in [0, 0.1) is 5.92 Å². The summed E-state index contributed by atoms with van der Waals surface area (Å²) >= 11 is 3.57. The van der Waals surface area contributed by atoms with Gasteiger partial charge in [-0.1, -0.05) is 42.3 Å². The highest BCUT2D eigenvalue weighted by Crippen LogP contribution is 2.30. The van der Waals surface area contributed by atoms with Crippen LogP contribution in [0.5, 0.6) is 0 Å². The summed E-state index contributed by atoms with van der Waals surface area (Å²) in [6.07, 6.45) is 6.41. The van der Waals surface area contributed by atoms with Gasteiger partial charge in [0.15, 0.2) is 0 Å². The first-order chi connectivity index (χ1) is 8.74. The summed E-state index contributed by atoms with van der Waals surface area (Å²) in [4.78, 5) is 0. The summed E-state index contributed by atoms with van der Waals surface area (Å²) in [5, 5.41) is 3.69. The maximum absolute atomic E-state index is 3.69. The first kappa shape index (κ1) is 14.1. The minimum absolute atomic E-state index is 0.705. The van der Waals surface area contributed by atoms with Gasteiger partial charge in [-0.05, 0) is 61.4 Å². The topological polar surface area (TPSA) is 12.0 Å². The molecule has 2 unspecified atom stereocenters. The first-order valence-electron chi connectivity index (χ1n) is 7.25. The molecule has 2 heteroatoms. The highest BCUT2D eigenvalue weighted by molar-refractivity contribution is 9.10. The third kappa shape index (κ3) is 3.36. The molecule has 2 atom stereocenters. The number of hydrogen-bond acceptors (Lipinski definition) is 1. The van der Waals surface area contributed by atoms with E-state index in [-0.39, 0.29) is 0 Å². The van der Waals surface area contributed by atoms with Gasteiger partial charge in [-0.3, -0.25) is 0 Å². The SMILES string of the molecule is CCCC(NCC)C1CCc2cc(Br)ccc2C1. The average Bonchev–Trinajstić information content (AvgIpc) is 2.38. The van der Waals surface area contributed by atoms with Crippen LogP contribution in [0.3, 0.4) is 0 Å². The minimum Gasteiger partial charge on any atom is -0.314 e. The van der Waals surface area contributed by atoms with Crippen molar-refractivity contribution < 1.29 is 0 Å². The van der Waals surface area contributed by atoms with Crippen LogP contribution >= 0.6 is 15.9 Å². The van der Waals surface area contributed by atoms with Gasteiger partial charge in [0.2, 0.25) is 0 Å². The van der Waals surface area contributed by atoms with Crippen molar-refractivity contribution in [3.63, 3.8) is 0 Å². The Hall–Kier alpha value is -0.340. The van der Waals surface area contributed by atoms with E-state index in [2.05, 4.69) is 53.3 Å². The molecule has 1 N–H and O–H groups in total. The molecule has 1 aliphatic carbocycles. The van der Waals surface area contributed by atoms with Gasteiger partial charge in [0, 0.05) is 10.5 Å². The maximum atomic E-state index is 3.69. The van der Waals surface area contributed by atoms with E-state index in [1.807, 2.05) is 0 Å². The molecule has 0 spiro atoms. The van der Waals surface area contributed by atoms with E-state index in [0.717, 1.165) is 12.5 Å². The Kier molecular flexibility index (Phi) is 5.25. The highest BCUT2D eigenvalue weighted by atomic mass is 79.9. The van der Waals surface area contributed by atoms with Gasteiger partial charge in [-0.15, -0.1) is 0 Å². The molecule has 0 radical (unpaired) electrons. The monoisotopic (exact) mass is 309 g/mol. The number of aryl methyl sites for hydroxylation is 1. The number of halogens is 1. The Morgan fingerprint density at radius 2 is 2.17 bits per heavy atom. The molecule has 1 nitrogen and oxygen atoms in total. The van der Waals surface area contributed by atoms with E-state index in [1.165, 1.54) is 36.6 Å². The lowest BCUT2D eigenvalue weighted by Gasteiger charge is -2.32. The van der Waals surface area contributed by atoms with Gasteiger partial charge in [0.25, 0.3) is 0 Å². The van der Waals surface area contributed by atoms with Crippen LogP contribution in [-0.4, -0.2) is 12.6 Å². The van der Waals surface area contributed by atoms with Gasteiger partial charge in [-0.25, -0.2) is 0 Å². The molecule has 1 aromatic rings. The van der Waals surface area contributed by atoms with Crippen molar-refractivity contribution in [1.29, 1.82) is 0 Å². The minimum atomic E-state index is 0.705. The summed E-state index contributed by atoms with van der Waals surface area (Å²) in [6.45, 7) is 5.60. The molecule has 100 valence electrons. The summed E-state index contributed by atoms with van der Waals surface area (Å²) in [6, 6.07) is 7.49. The molecule has 0 aromatic heterocycles. The van der Waals surface area contributed by atoms with Crippen LogP contribution in [-0.2, 0) is 12.8 Å². The smallest absolute Gasteiger partial charge is 0.0178 e. The largest absolute Gasteiger partial charge is 0.314 e. The predicted octanol–water partition coefficient (Wildman–Crippen LogP) is 4.33. The summed E-state index contributed by atoms with van der Waals surface area (Å²) in [7, 11) is 0. The molecular weight excluding hydrogens is 286 g/mol. The van der Waals surface area contributed by atoms with Crippen LogP contribution in [0.25, 0.3) is 0 Å². The van der Waals surface area contributed by atoms with E-state index in [1.54, 1.807) is 11.1 Å². The molecule has 0 saturated heterocycles. The fourth-order valence-electron chi connectivity index (χ4n) is 3.17. The lowest BCUT2D eigenvalue weighted by Crippen LogP contribution is -2.38. The molecule has 0 saturated carbocycles. The maximum Gasteiger partial charge on any atom is 0.0178 e. The van der Waals surface area contributed by atoms with Gasteiger partial charge in [0.1, 0.15) is 0 Å².